The van der Waals surface area contributed by atoms with E-state index >= 15 is 0 Å². The van der Waals surface area contributed by atoms with Crippen LogP contribution in [0.25, 0.3) is 66.0 Å². The number of aromatic nitrogens is 2. The van der Waals surface area contributed by atoms with E-state index in [4.69, 9.17) is 9.40 Å². The number of pyridine rings is 2. The van der Waals surface area contributed by atoms with Gasteiger partial charge in [-0.05, 0) is 69.3 Å². The summed E-state index contributed by atoms with van der Waals surface area (Å²) in [4.78, 5) is 9.31. The molecule has 1 radical (unpaired) electrons. The van der Waals surface area contributed by atoms with E-state index < -0.39 is 0 Å². The molecule has 0 unspecified atom stereocenters. The maximum Gasteiger partial charge on any atom is 0.129 e. The summed E-state index contributed by atoms with van der Waals surface area (Å²) >= 11 is 0. The quantitative estimate of drug-likeness (QED) is 0.131. The molecule has 52 heavy (non-hydrogen) atoms. The van der Waals surface area contributed by atoms with Crippen molar-refractivity contribution in [1.82, 2.24) is 9.97 Å². The van der Waals surface area contributed by atoms with Crippen molar-refractivity contribution in [2.24, 2.45) is 10.8 Å². The Kier molecular flexibility index (Phi) is 10.6. The molecule has 0 amide bonds. The van der Waals surface area contributed by atoms with Gasteiger partial charge in [0.25, 0.3) is 0 Å². The van der Waals surface area contributed by atoms with E-state index in [9.17, 15) is 0 Å². The first kappa shape index (κ1) is 37.1. The number of rotatable bonds is 4. The van der Waals surface area contributed by atoms with Crippen molar-refractivity contribution in [2.45, 2.75) is 68.2 Å². The molecule has 0 saturated carbocycles. The van der Waals surface area contributed by atoms with Gasteiger partial charge in [0.1, 0.15) is 5.58 Å². The van der Waals surface area contributed by atoms with Crippen LogP contribution >= 0.6 is 0 Å². The normalized spacial score (nSPS) is 11.8. The molecule has 8 rings (SSSR count). The molecule has 3 heterocycles. The SMILES string of the molecule is Cc1c[c-]c(-c2ccc(CC(C)(C)C)cn2)cc1.Cc1cnc(-c2[c-]ccc3c2oc2c3ccc3ccc4ccccc4c32)cc1CC(C)(C)C.[Ir]. The predicted octanol–water partition coefficient (Wildman–Crippen LogP) is 13.1. The second kappa shape index (κ2) is 14.8. The molecule has 0 aliphatic carbocycles. The van der Waals surface area contributed by atoms with Crippen molar-refractivity contribution in [3.63, 3.8) is 0 Å². The Morgan fingerprint density at radius 3 is 2.06 bits per heavy atom. The van der Waals surface area contributed by atoms with Crippen molar-refractivity contribution in [2.75, 3.05) is 0 Å². The van der Waals surface area contributed by atoms with Crippen LogP contribution in [0.5, 0.6) is 0 Å². The fraction of sp³-hybridized carbons (Fsp3) is 0.250. The van der Waals surface area contributed by atoms with Crippen LogP contribution in [0.15, 0.2) is 114 Å². The van der Waals surface area contributed by atoms with Crippen LogP contribution in [0.2, 0.25) is 0 Å². The minimum atomic E-state index is 0. The average molecular weight is 859 g/mol. The molecule has 4 heteroatoms. The maximum absolute atomic E-state index is 6.66. The number of fused-ring (bicyclic) bond motifs is 7. The Hall–Kier alpha value is -4.63. The topological polar surface area (TPSA) is 38.9 Å². The van der Waals surface area contributed by atoms with Crippen LogP contribution in [-0.4, -0.2) is 9.97 Å². The fourth-order valence-corrected chi connectivity index (χ4v) is 6.90. The number of aryl methyl sites for hydroxylation is 2. The maximum atomic E-state index is 6.66. The van der Waals surface area contributed by atoms with E-state index in [1.807, 2.05) is 24.5 Å². The van der Waals surface area contributed by atoms with Gasteiger partial charge in [0.2, 0.25) is 0 Å². The Morgan fingerprint density at radius 1 is 0.635 bits per heavy atom. The van der Waals surface area contributed by atoms with Crippen molar-refractivity contribution < 1.29 is 24.5 Å². The van der Waals surface area contributed by atoms with Gasteiger partial charge in [-0.1, -0.05) is 132 Å². The number of hydrogen-bond donors (Lipinski definition) is 0. The third kappa shape index (κ3) is 8.04. The molecule has 265 valence electrons. The molecule has 0 spiro atoms. The van der Waals surface area contributed by atoms with E-state index in [-0.39, 0.29) is 25.5 Å². The monoisotopic (exact) mass is 859 g/mol. The van der Waals surface area contributed by atoms with Gasteiger partial charge < -0.3 is 14.4 Å². The van der Waals surface area contributed by atoms with E-state index in [1.165, 1.54) is 38.4 Å². The summed E-state index contributed by atoms with van der Waals surface area (Å²) in [6, 6.07) is 40.6. The van der Waals surface area contributed by atoms with Crippen molar-refractivity contribution in [1.29, 1.82) is 0 Å². The average Bonchev–Trinajstić information content (AvgIpc) is 3.48. The third-order valence-corrected chi connectivity index (χ3v) is 9.30. The minimum absolute atomic E-state index is 0. The molecule has 0 fully saturated rings. The zero-order valence-corrected chi connectivity index (χ0v) is 33.8. The van der Waals surface area contributed by atoms with E-state index in [0.29, 0.717) is 5.41 Å². The Balaban J connectivity index is 0.000000208. The first-order valence-corrected chi connectivity index (χ1v) is 17.9. The molecule has 0 aliphatic rings. The summed E-state index contributed by atoms with van der Waals surface area (Å²) in [7, 11) is 0. The molecule has 3 aromatic heterocycles. The molecular weight excluding hydrogens is 813 g/mol. The summed E-state index contributed by atoms with van der Waals surface area (Å²) in [6.45, 7) is 17.8. The molecule has 5 aromatic carbocycles. The number of hydrogen-bond acceptors (Lipinski definition) is 3. The van der Waals surface area contributed by atoms with Crippen LogP contribution in [0, 0.1) is 36.8 Å². The zero-order valence-electron chi connectivity index (χ0n) is 31.4. The van der Waals surface area contributed by atoms with Crippen LogP contribution in [-0.2, 0) is 32.9 Å². The van der Waals surface area contributed by atoms with Gasteiger partial charge in [0.15, 0.2) is 0 Å². The predicted molar refractivity (Wildman–Crippen MR) is 215 cm³/mol. The van der Waals surface area contributed by atoms with E-state index in [2.05, 4.69) is 157 Å². The summed E-state index contributed by atoms with van der Waals surface area (Å²) in [5, 5.41) is 7.02. The van der Waals surface area contributed by atoms with Crippen LogP contribution in [0.3, 0.4) is 0 Å². The molecule has 3 nitrogen and oxygen atoms in total. The van der Waals surface area contributed by atoms with Gasteiger partial charge in [-0.3, -0.25) is 0 Å². The minimum Gasteiger partial charge on any atom is -0.500 e. The first-order valence-electron chi connectivity index (χ1n) is 17.9. The smallest absolute Gasteiger partial charge is 0.129 e. The zero-order chi connectivity index (χ0) is 35.9. The Labute approximate surface area is 321 Å². The van der Waals surface area contributed by atoms with Gasteiger partial charge in [0, 0.05) is 43.3 Å². The van der Waals surface area contributed by atoms with Gasteiger partial charge in [-0.2, -0.15) is 0 Å². The first-order chi connectivity index (χ1) is 24.3. The molecular formula is C48H46IrN2O-2. The second-order valence-corrected chi connectivity index (χ2v) is 16.3. The summed E-state index contributed by atoms with van der Waals surface area (Å²) < 4.78 is 6.66. The Morgan fingerprint density at radius 2 is 1.35 bits per heavy atom. The van der Waals surface area contributed by atoms with Crippen molar-refractivity contribution in [3.05, 3.63) is 144 Å². The molecule has 0 aliphatic heterocycles. The number of benzene rings is 5. The number of furan rings is 1. The molecule has 0 saturated heterocycles. The summed E-state index contributed by atoms with van der Waals surface area (Å²) in [5.41, 5.74) is 11.3. The summed E-state index contributed by atoms with van der Waals surface area (Å²) in [6.07, 6.45) is 6.02. The molecule has 8 aromatic rings. The van der Waals surface area contributed by atoms with Crippen LogP contribution < -0.4 is 0 Å². The number of nitrogens with zero attached hydrogens (tertiary/aromatic N) is 2. The van der Waals surface area contributed by atoms with E-state index in [0.717, 1.165) is 62.7 Å². The second-order valence-electron chi connectivity index (χ2n) is 16.3. The third-order valence-electron chi connectivity index (χ3n) is 9.30. The van der Waals surface area contributed by atoms with Gasteiger partial charge in [-0.25, -0.2) is 0 Å². The van der Waals surface area contributed by atoms with Crippen molar-refractivity contribution >= 4 is 43.5 Å². The van der Waals surface area contributed by atoms with Crippen LogP contribution in [0.4, 0.5) is 0 Å². The van der Waals surface area contributed by atoms with E-state index in [1.54, 1.807) is 0 Å². The van der Waals surface area contributed by atoms with Gasteiger partial charge in [0.05, 0.1) is 5.58 Å². The standard InChI is InChI=1S/C31H26NO.C17H20N.Ir/c1-19-18-32-27(16-22(19)17-31(2,3)4)26-11-7-10-24-25-15-14-21-13-12-20-8-5-6-9-23(20)28(21)30(25)33-29(24)26;1-13-5-8-15(9-6-13)16-10-7-14(12-18-16)11-17(2,3)4;/h5-10,12-16,18H,17H2,1-4H3;5-8,10,12H,11H2,1-4H3;/q2*-1;. The summed E-state index contributed by atoms with van der Waals surface area (Å²) in [5.74, 6) is 0. The van der Waals surface area contributed by atoms with Crippen LogP contribution in [0.1, 0.15) is 63.8 Å². The van der Waals surface area contributed by atoms with Gasteiger partial charge >= 0.3 is 0 Å². The molecule has 0 bridgehead atoms. The molecule has 0 N–H and O–H groups in total. The molecule has 0 atom stereocenters. The Bertz CT molecular complexity index is 2500. The van der Waals surface area contributed by atoms with Gasteiger partial charge in [-0.15, -0.1) is 53.6 Å². The fourth-order valence-electron chi connectivity index (χ4n) is 6.90. The largest absolute Gasteiger partial charge is 0.500 e. The van der Waals surface area contributed by atoms with Crippen molar-refractivity contribution in [3.8, 4) is 22.5 Å².